The summed E-state index contributed by atoms with van der Waals surface area (Å²) in [5.74, 6) is 0.830. The van der Waals surface area contributed by atoms with Crippen molar-refractivity contribution in [3.8, 4) is 5.75 Å². The van der Waals surface area contributed by atoms with Gasteiger partial charge < -0.3 is 4.74 Å². The van der Waals surface area contributed by atoms with Crippen molar-refractivity contribution in [2.24, 2.45) is 4.99 Å². The van der Waals surface area contributed by atoms with Crippen molar-refractivity contribution in [1.29, 1.82) is 0 Å². The summed E-state index contributed by atoms with van der Waals surface area (Å²) in [5, 5.41) is 8.76. The van der Waals surface area contributed by atoms with E-state index >= 15 is 0 Å². The van der Waals surface area contributed by atoms with Gasteiger partial charge in [0.05, 0.1) is 5.71 Å². The van der Waals surface area contributed by atoms with Crippen LogP contribution in [0.25, 0.3) is 0 Å². The molecule has 1 aliphatic rings. The number of aliphatic imine (C=N–C) groups is 1. The predicted molar refractivity (Wildman–Crippen MR) is 101 cm³/mol. The summed E-state index contributed by atoms with van der Waals surface area (Å²) in [6, 6.07) is 14.4. The van der Waals surface area contributed by atoms with Crippen LogP contribution in [0, 0.1) is 0 Å². The first-order chi connectivity index (χ1) is 12.6. The maximum atomic E-state index is 11.5. The third-order valence-electron chi connectivity index (χ3n) is 3.92. The van der Waals surface area contributed by atoms with Gasteiger partial charge in [-0.3, -0.25) is 10.0 Å². The Kier molecular flexibility index (Phi) is 5.10. The number of hydroxylamine groups is 1. The van der Waals surface area contributed by atoms with Crippen LogP contribution in [0.15, 0.2) is 89.7 Å². The first-order valence-corrected chi connectivity index (χ1v) is 8.05. The molecule has 0 spiro atoms. The number of carbonyl (C=O) groups excluding carboxylic acids is 1. The van der Waals surface area contributed by atoms with E-state index in [9.17, 15) is 4.79 Å². The van der Waals surface area contributed by atoms with Crippen molar-refractivity contribution in [2.45, 2.75) is 6.92 Å². The maximum Gasteiger partial charge on any atom is 0.274 e. The first kappa shape index (κ1) is 17.4. The van der Waals surface area contributed by atoms with Crippen LogP contribution in [-0.2, 0) is 0 Å². The van der Waals surface area contributed by atoms with Crippen molar-refractivity contribution in [3.63, 3.8) is 0 Å². The van der Waals surface area contributed by atoms with Crippen LogP contribution in [-0.4, -0.2) is 16.8 Å². The molecule has 0 bridgehead atoms. The van der Waals surface area contributed by atoms with E-state index in [-0.39, 0.29) is 0 Å². The Balaban J connectivity index is 2.14. The van der Waals surface area contributed by atoms with Crippen molar-refractivity contribution in [1.82, 2.24) is 5.48 Å². The van der Waals surface area contributed by atoms with Gasteiger partial charge in [-0.15, -0.1) is 0 Å². The topological polar surface area (TPSA) is 70.9 Å². The molecule has 0 fully saturated rings. The zero-order valence-corrected chi connectivity index (χ0v) is 14.3. The second-order valence-corrected chi connectivity index (χ2v) is 5.61. The number of para-hydroxylation sites is 2. The lowest BCUT2D eigenvalue weighted by atomic mass is 9.99. The lowest BCUT2D eigenvalue weighted by Gasteiger charge is -2.10. The van der Waals surface area contributed by atoms with Gasteiger partial charge in [0.25, 0.3) is 5.91 Å². The second-order valence-electron chi connectivity index (χ2n) is 5.61. The minimum Gasteiger partial charge on any atom is -0.459 e. The molecule has 26 heavy (non-hydrogen) atoms. The molecule has 0 unspecified atom stereocenters. The van der Waals surface area contributed by atoms with E-state index in [0.29, 0.717) is 17.1 Å². The molecular weight excluding hydrogens is 328 g/mol. The molecule has 2 aromatic carbocycles. The molecule has 2 N–H and O–H groups in total. The summed E-state index contributed by atoms with van der Waals surface area (Å²) in [6.07, 6.45) is 5.40. The fraction of sp³-hybridized carbons (Fsp3) is 0.0476. The van der Waals surface area contributed by atoms with E-state index in [1.165, 1.54) is 0 Å². The average molecular weight is 346 g/mol. The van der Waals surface area contributed by atoms with E-state index in [0.717, 1.165) is 22.5 Å². The minimum atomic E-state index is -0.563. The lowest BCUT2D eigenvalue weighted by molar-refractivity contribution is 0.0706. The number of hydrogen-bond acceptors (Lipinski definition) is 4. The number of allylic oxidation sites excluding steroid dienone is 5. The van der Waals surface area contributed by atoms with E-state index in [4.69, 9.17) is 14.9 Å². The number of fused-ring (bicyclic) bond motifs is 1. The van der Waals surface area contributed by atoms with Gasteiger partial charge in [-0.2, -0.15) is 0 Å². The zero-order valence-electron chi connectivity index (χ0n) is 14.3. The van der Waals surface area contributed by atoms with Crippen molar-refractivity contribution >= 4 is 17.3 Å². The third-order valence-corrected chi connectivity index (χ3v) is 3.92. The van der Waals surface area contributed by atoms with Crippen molar-refractivity contribution in [2.75, 3.05) is 0 Å². The summed E-state index contributed by atoms with van der Waals surface area (Å²) in [4.78, 5) is 16.3. The molecule has 1 amide bonds. The van der Waals surface area contributed by atoms with Crippen LogP contribution in [0.4, 0.5) is 5.69 Å². The Morgan fingerprint density at radius 3 is 2.62 bits per heavy atom. The summed E-state index contributed by atoms with van der Waals surface area (Å²) in [6.45, 7) is 5.60. The number of ether oxygens (including phenoxy) is 1. The standard InChI is InChI=1S/C21H18N2O3/c1-3-4-7-17-14(2)26-19-9-6-5-8-18(19)22-20(17)15-10-12-16(13-11-15)21(24)23-25/h3-13,25H,1H2,2H3,(H,23,24)/b7-4-. The molecule has 2 aromatic rings. The molecule has 0 saturated heterocycles. The normalized spacial score (nSPS) is 13.5. The summed E-state index contributed by atoms with van der Waals surface area (Å²) >= 11 is 0. The molecular formula is C21H18N2O3. The number of amides is 1. The predicted octanol–water partition coefficient (Wildman–Crippen LogP) is 4.34. The molecule has 0 aromatic heterocycles. The van der Waals surface area contributed by atoms with Gasteiger partial charge in [0, 0.05) is 16.7 Å². The van der Waals surface area contributed by atoms with Gasteiger partial charge in [-0.25, -0.2) is 10.5 Å². The fourth-order valence-electron chi connectivity index (χ4n) is 2.63. The van der Waals surface area contributed by atoms with Gasteiger partial charge >= 0.3 is 0 Å². The van der Waals surface area contributed by atoms with Crippen LogP contribution >= 0.6 is 0 Å². The highest BCUT2D eigenvalue weighted by atomic mass is 16.5. The smallest absolute Gasteiger partial charge is 0.274 e. The van der Waals surface area contributed by atoms with Gasteiger partial charge in [0.2, 0.25) is 0 Å². The van der Waals surface area contributed by atoms with E-state index < -0.39 is 5.91 Å². The largest absolute Gasteiger partial charge is 0.459 e. The van der Waals surface area contributed by atoms with E-state index in [1.807, 2.05) is 43.3 Å². The fourth-order valence-corrected chi connectivity index (χ4v) is 2.63. The van der Waals surface area contributed by atoms with Gasteiger partial charge in [0.1, 0.15) is 11.4 Å². The Hall–Kier alpha value is -3.44. The summed E-state index contributed by atoms with van der Waals surface area (Å²) in [5.41, 5.74) is 5.07. The highest BCUT2D eigenvalue weighted by Crippen LogP contribution is 2.34. The molecule has 130 valence electrons. The SMILES string of the molecule is C=C/C=C\C1=C(C)Oc2ccccc2N=C1c1ccc(C(=O)NO)cc1. The van der Waals surface area contributed by atoms with Crippen molar-refractivity contribution < 1.29 is 14.7 Å². The van der Waals surface area contributed by atoms with E-state index in [1.54, 1.807) is 35.8 Å². The molecule has 0 aliphatic carbocycles. The molecule has 0 radical (unpaired) electrons. The van der Waals surface area contributed by atoms with Crippen LogP contribution in [0.5, 0.6) is 5.75 Å². The molecule has 5 heteroatoms. The first-order valence-electron chi connectivity index (χ1n) is 8.05. The molecule has 0 atom stereocenters. The average Bonchev–Trinajstić information content (AvgIpc) is 2.81. The molecule has 3 rings (SSSR count). The number of nitrogens with one attached hydrogen (secondary N) is 1. The van der Waals surface area contributed by atoms with Crippen LogP contribution in [0.3, 0.4) is 0 Å². The van der Waals surface area contributed by atoms with Crippen LogP contribution in [0.2, 0.25) is 0 Å². The van der Waals surface area contributed by atoms with Crippen molar-refractivity contribution in [3.05, 3.63) is 95.8 Å². The zero-order chi connectivity index (χ0) is 18.5. The Labute approximate surface area is 151 Å². The Morgan fingerprint density at radius 2 is 1.92 bits per heavy atom. The monoisotopic (exact) mass is 346 g/mol. The number of rotatable bonds is 4. The highest BCUT2D eigenvalue weighted by Gasteiger charge is 2.18. The Bertz CT molecular complexity index is 938. The maximum absolute atomic E-state index is 11.5. The van der Waals surface area contributed by atoms with Crippen LogP contribution in [0.1, 0.15) is 22.8 Å². The number of benzene rings is 2. The lowest BCUT2D eigenvalue weighted by Crippen LogP contribution is -2.18. The van der Waals surface area contributed by atoms with E-state index in [2.05, 4.69) is 6.58 Å². The number of carbonyl (C=O) groups is 1. The molecule has 5 nitrogen and oxygen atoms in total. The number of hydrogen-bond donors (Lipinski definition) is 2. The summed E-state index contributed by atoms with van der Waals surface area (Å²) in [7, 11) is 0. The summed E-state index contributed by atoms with van der Waals surface area (Å²) < 4.78 is 5.98. The molecule has 1 aliphatic heterocycles. The third kappa shape index (κ3) is 3.48. The quantitative estimate of drug-likeness (QED) is 0.492. The van der Waals surface area contributed by atoms with Gasteiger partial charge in [-0.1, -0.05) is 43.0 Å². The highest BCUT2D eigenvalue weighted by molar-refractivity contribution is 6.16. The molecule has 0 saturated carbocycles. The molecule has 1 heterocycles. The van der Waals surface area contributed by atoms with Gasteiger partial charge in [0.15, 0.2) is 5.75 Å². The Morgan fingerprint density at radius 1 is 1.19 bits per heavy atom. The minimum absolute atomic E-state index is 0.353. The second kappa shape index (κ2) is 7.63. The van der Waals surface area contributed by atoms with Gasteiger partial charge in [-0.05, 0) is 37.3 Å². The van der Waals surface area contributed by atoms with Crippen LogP contribution < -0.4 is 10.2 Å². The number of nitrogens with zero attached hydrogens (tertiary/aromatic N) is 1.